The fraction of sp³-hybridized carbons (Fsp3) is 0.286. The largest absolute Gasteiger partial charge is 0.389 e. The lowest BCUT2D eigenvalue weighted by molar-refractivity contribution is -0.123. The van der Waals surface area contributed by atoms with Crippen LogP contribution in [0.15, 0.2) is 60.9 Å². The van der Waals surface area contributed by atoms with E-state index in [1.54, 1.807) is 27.9 Å². The van der Waals surface area contributed by atoms with Gasteiger partial charge in [-0.05, 0) is 30.7 Å². The Morgan fingerprint density at radius 1 is 1.11 bits per heavy atom. The molecule has 1 fully saturated rings. The topological polar surface area (TPSA) is 87.5 Å². The van der Waals surface area contributed by atoms with Gasteiger partial charge in [-0.25, -0.2) is 4.98 Å². The third kappa shape index (κ3) is 3.75. The highest BCUT2D eigenvalue weighted by Gasteiger charge is 2.31. The molecule has 7 nitrogen and oxygen atoms in total. The summed E-state index contributed by atoms with van der Waals surface area (Å²) >= 11 is 0. The quantitative estimate of drug-likeness (QED) is 0.719. The van der Waals surface area contributed by atoms with Crippen LogP contribution in [0.3, 0.4) is 0 Å². The lowest BCUT2D eigenvalue weighted by atomic mass is 10.0. The van der Waals surface area contributed by atoms with Crippen LogP contribution >= 0.6 is 0 Å². The number of para-hydroxylation sites is 2. The van der Waals surface area contributed by atoms with Crippen LogP contribution in [0.5, 0.6) is 0 Å². The molecule has 2 atom stereocenters. The van der Waals surface area contributed by atoms with Crippen molar-refractivity contribution in [2.45, 2.75) is 25.1 Å². The minimum atomic E-state index is -0.801. The number of β-amino-alcohol motifs (C(OH)–C–C–N with tert-alkyl or cyclic N) is 1. The van der Waals surface area contributed by atoms with Gasteiger partial charge in [0.1, 0.15) is 6.54 Å². The monoisotopic (exact) mass is 378 g/mol. The first-order chi connectivity index (χ1) is 13.6. The Labute approximate surface area is 162 Å². The molecule has 2 aromatic carbocycles. The Bertz CT molecular complexity index is 985. The first-order valence-corrected chi connectivity index (χ1v) is 9.33. The maximum absolute atomic E-state index is 12.5. The standard InChI is InChI=1S/C21H22N4O3/c26-19-12-24(21(28)15-6-2-1-3-7-15)11-10-17(19)23-20(27)13-25-14-22-16-8-4-5-9-18(16)25/h1-9,14,17,19,26H,10-13H2,(H,23,27)/t17-,19-/m1/s1. The molecule has 144 valence electrons. The van der Waals surface area contributed by atoms with Gasteiger partial charge >= 0.3 is 0 Å². The number of carbonyl (C=O) groups excluding carboxylic acids is 2. The third-order valence-electron chi connectivity index (χ3n) is 5.08. The number of nitrogens with zero attached hydrogens (tertiary/aromatic N) is 3. The van der Waals surface area contributed by atoms with Gasteiger partial charge in [0.25, 0.3) is 5.91 Å². The smallest absolute Gasteiger partial charge is 0.253 e. The molecular formula is C21H22N4O3. The normalized spacial score (nSPS) is 19.5. The highest BCUT2D eigenvalue weighted by molar-refractivity contribution is 5.94. The minimum absolute atomic E-state index is 0.102. The fourth-order valence-corrected chi connectivity index (χ4v) is 3.59. The van der Waals surface area contributed by atoms with Crippen molar-refractivity contribution in [2.24, 2.45) is 0 Å². The summed E-state index contributed by atoms with van der Waals surface area (Å²) in [6.45, 7) is 0.826. The number of amides is 2. The highest BCUT2D eigenvalue weighted by atomic mass is 16.3. The number of carbonyl (C=O) groups is 2. The summed E-state index contributed by atoms with van der Waals surface area (Å²) in [7, 11) is 0. The van der Waals surface area contributed by atoms with Crippen LogP contribution in [-0.2, 0) is 11.3 Å². The Hall–Kier alpha value is -3.19. The maximum atomic E-state index is 12.5. The Morgan fingerprint density at radius 2 is 1.86 bits per heavy atom. The zero-order chi connectivity index (χ0) is 19.5. The van der Waals surface area contributed by atoms with Crippen LogP contribution in [-0.4, -0.2) is 56.6 Å². The zero-order valence-electron chi connectivity index (χ0n) is 15.4. The van der Waals surface area contributed by atoms with Crippen molar-refractivity contribution >= 4 is 22.8 Å². The molecule has 0 radical (unpaired) electrons. The minimum Gasteiger partial charge on any atom is -0.389 e. The number of aliphatic hydroxyl groups excluding tert-OH is 1. The van der Waals surface area contributed by atoms with Crippen LogP contribution < -0.4 is 5.32 Å². The Morgan fingerprint density at radius 3 is 2.64 bits per heavy atom. The number of aliphatic hydroxyl groups is 1. The lowest BCUT2D eigenvalue weighted by Gasteiger charge is -2.36. The summed E-state index contributed by atoms with van der Waals surface area (Å²) in [6, 6.07) is 16.3. The van der Waals surface area contributed by atoms with E-state index in [1.807, 2.05) is 42.5 Å². The van der Waals surface area contributed by atoms with Gasteiger partial charge < -0.3 is 19.9 Å². The van der Waals surface area contributed by atoms with Crippen molar-refractivity contribution in [2.75, 3.05) is 13.1 Å². The van der Waals surface area contributed by atoms with E-state index in [0.717, 1.165) is 11.0 Å². The first-order valence-electron chi connectivity index (χ1n) is 9.33. The third-order valence-corrected chi connectivity index (χ3v) is 5.08. The molecule has 2 amide bonds. The molecule has 0 spiro atoms. The molecule has 2 N–H and O–H groups in total. The molecule has 1 aromatic heterocycles. The van der Waals surface area contributed by atoms with Gasteiger partial charge in [0.05, 0.1) is 29.5 Å². The van der Waals surface area contributed by atoms with Crippen molar-refractivity contribution in [3.05, 3.63) is 66.5 Å². The molecule has 28 heavy (non-hydrogen) atoms. The van der Waals surface area contributed by atoms with E-state index in [9.17, 15) is 14.7 Å². The predicted octanol–water partition coefficient (Wildman–Crippen LogP) is 1.43. The van der Waals surface area contributed by atoms with E-state index in [0.29, 0.717) is 18.5 Å². The highest BCUT2D eigenvalue weighted by Crippen LogP contribution is 2.15. The predicted molar refractivity (Wildman–Crippen MR) is 105 cm³/mol. The molecule has 3 aromatic rings. The van der Waals surface area contributed by atoms with E-state index >= 15 is 0 Å². The number of fused-ring (bicyclic) bond motifs is 1. The Balaban J connectivity index is 1.35. The molecule has 7 heteroatoms. The van der Waals surface area contributed by atoms with Crippen LogP contribution in [0, 0.1) is 0 Å². The molecule has 1 aliphatic heterocycles. The van der Waals surface area contributed by atoms with Gasteiger partial charge in [-0.2, -0.15) is 0 Å². The van der Waals surface area contributed by atoms with Crippen molar-refractivity contribution in [3.63, 3.8) is 0 Å². The van der Waals surface area contributed by atoms with Crippen LogP contribution in [0.4, 0.5) is 0 Å². The van der Waals surface area contributed by atoms with Gasteiger partial charge in [0, 0.05) is 18.7 Å². The molecule has 4 rings (SSSR count). The average molecular weight is 378 g/mol. The van der Waals surface area contributed by atoms with Gasteiger partial charge in [-0.15, -0.1) is 0 Å². The summed E-state index contributed by atoms with van der Waals surface area (Å²) in [5.74, 6) is -0.288. The van der Waals surface area contributed by atoms with Gasteiger partial charge in [-0.1, -0.05) is 30.3 Å². The average Bonchev–Trinajstić information content (AvgIpc) is 3.12. The summed E-state index contributed by atoms with van der Waals surface area (Å²) in [4.78, 5) is 30.9. The SMILES string of the molecule is O=C(Cn1cnc2ccccc21)N[C@@H]1CCN(C(=O)c2ccccc2)C[C@H]1O. The number of hydrogen-bond acceptors (Lipinski definition) is 4. The summed E-state index contributed by atoms with van der Waals surface area (Å²) in [5.41, 5.74) is 2.33. The number of benzene rings is 2. The number of aromatic nitrogens is 2. The second-order valence-electron chi connectivity index (χ2n) is 7.01. The molecular weight excluding hydrogens is 356 g/mol. The molecule has 0 saturated carbocycles. The number of nitrogens with one attached hydrogen (secondary N) is 1. The second-order valence-corrected chi connectivity index (χ2v) is 7.01. The van der Waals surface area contributed by atoms with E-state index in [-0.39, 0.29) is 30.9 Å². The number of piperidine rings is 1. The molecule has 0 aliphatic carbocycles. The maximum Gasteiger partial charge on any atom is 0.253 e. The molecule has 0 bridgehead atoms. The number of likely N-dealkylation sites (tertiary alicyclic amines) is 1. The van der Waals surface area contributed by atoms with E-state index in [1.165, 1.54) is 0 Å². The van der Waals surface area contributed by atoms with Crippen molar-refractivity contribution in [1.29, 1.82) is 0 Å². The number of hydrogen-bond donors (Lipinski definition) is 2. The van der Waals surface area contributed by atoms with Crippen LogP contribution in [0.2, 0.25) is 0 Å². The summed E-state index contributed by atoms with van der Waals surface area (Å²) < 4.78 is 1.78. The van der Waals surface area contributed by atoms with E-state index in [4.69, 9.17) is 0 Å². The van der Waals surface area contributed by atoms with Gasteiger partial charge in [0.2, 0.25) is 5.91 Å². The first kappa shape index (κ1) is 18.2. The Kier molecular flexibility index (Phi) is 5.08. The number of rotatable bonds is 4. The van der Waals surface area contributed by atoms with Crippen molar-refractivity contribution in [1.82, 2.24) is 19.8 Å². The van der Waals surface area contributed by atoms with E-state index in [2.05, 4.69) is 10.3 Å². The molecule has 1 saturated heterocycles. The van der Waals surface area contributed by atoms with Crippen LogP contribution in [0.25, 0.3) is 11.0 Å². The lowest BCUT2D eigenvalue weighted by Crippen LogP contribution is -2.55. The van der Waals surface area contributed by atoms with Crippen LogP contribution in [0.1, 0.15) is 16.8 Å². The molecule has 0 unspecified atom stereocenters. The van der Waals surface area contributed by atoms with E-state index < -0.39 is 6.10 Å². The van der Waals surface area contributed by atoms with Crippen molar-refractivity contribution < 1.29 is 14.7 Å². The molecule has 1 aliphatic rings. The van der Waals surface area contributed by atoms with Gasteiger partial charge in [0.15, 0.2) is 0 Å². The summed E-state index contributed by atoms with van der Waals surface area (Å²) in [6.07, 6.45) is 1.35. The molecule has 2 heterocycles. The second kappa shape index (κ2) is 7.82. The zero-order valence-corrected chi connectivity index (χ0v) is 15.4. The van der Waals surface area contributed by atoms with Gasteiger partial charge in [-0.3, -0.25) is 9.59 Å². The fourth-order valence-electron chi connectivity index (χ4n) is 3.59. The number of imidazole rings is 1. The summed E-state index contributed by atoms with van der Waals surface area (Å²) in [5, 5.41) is 13.3. The van der Waals surface area contributed by atoms with Crippen molar-refractivity contribution in [3.8, 4) is 0 Å².